The maximum absolute atomic E-state index is 14.3. The summed E-state index contributed by atoms with van der Waals surface area (Å²) in [5, 5.41) is 5.95. The van der Waals surface area contributed by atoms with Gasteiger partial charge in [-0.25, -0.2) is 4.39 Å². The van der Waals surface area contributed by atoms with Crippen LogP contribution in [0.2, 0.25) is 0 Å². The quantitative estimate of drug-likeness (QED) is 0.780. The lowest BCUT2D eigenvalue weighted by atomic mass is 9.97. The van der Waals surface area contributed by atoms with Gasteiger partial charge in [0.05, 0.1) is 17.5 Å². The largest absolute Gasteiger partial charge is 0.380 e. The number of hydrogen-bond acceptors (Lipinski definition) is 4. The number of nitrogens with zero attached hydrogens (tertiary/aromatic N) is 1. The highest BCUT2D eigenvalue weighted by Crippen LogP contribution is 2.34. The number of amides is 1. The maximum atomic E-state index is 14.3. The highest BCUT2D eigenvalue weighted by atomic mass is 19.1. The Morgan fingerprint density at radius 2 is 2.26 bits per heavy atom. The maximum Gasteiger partial charge on any atom is 0.237 e. The van der Waals surface area contributed by atoms with E-state index in [1.807, 2.05) is 25.1 Å². The Kier molecular flexibility index (Phi) is 4.90. The predicted molar refractivity (Wildman–Crippen MR) is 105 cm³/mol. The Morgan fingerprint density at radius 3 is 3.04 bits per heavy atom. The van der Waals surface area contributed by atoms with E-state index in [-0.39, 0.29) is 17.8 Å². The van der Waals surface area contributed by atoms with E-state index in [1.165, 1.54) is 6.07 Å². The number of ether oxygens (including phenoxy) is 1. The van der Waals surface area contributed by atoms with Crippen molar-refractivity contribution >= 4 is 29.2 Å². The molecule has 2 N–H and O–H groups in total. The van der Waals surface area contributed by atoms with Crippen LogP contribution in [0.15, 0.2) is 41.4 Å². The second kappa shape index (κ2) is 7.48. The molecule has 2 atom stereocenters. The molecule has 2 aliphatic rings. The van der Waals surface area contributed by atoms with Crippen LogP contribution in [-0.2, 0) is 9.53 Å². The molecular weight excluding hydrogens is 345 g/mol. The SMILES string of the molecule is Cc1cccc2c1C(C=Nc1ccc(NCC3CCCO3)c(F)c1)C(=O)N2. The summed E-state index contributed by atoms with van der Waals surface area (Å²) in [6.45, 7) is 3.34. The van der Waals surface area contributed by atoms with Gasteiger partial charge in [0.1, 0.15) is 11.7 Å². The summed E-state index contributed by atoms with van der Waals surface area (Å²) >= 11 is 0. The number of halogens is 1. The van der Waals surface area contributed by atoms with Crippen molar-refractivity contribution in [3.05, 3.63) is 53.3 Å². The predicted octanol–water partition coefficient (Wildman–Crippen LogP) is 4.16. The summed E-state index contributed by atoms with van der Waals surface area (Å²) in [4.78, 5) is 16.6. The zero-order valence-corrected chi connectivity index (χ0v) is 15.2. The van der Waals surface area contributed by atoms with E-state index in [2.05, 4.69) is 15.6 Å². The second-order valence-corrected chi connectivity index (χ2v) is 6.96. The number of hydrogen-bond donors (Lipinski definition) is 2. The van der Waals surface area contributed by atoms with E-state index in [4.69, 9.17) is 4.74 Å². The smallest absolute Gasteiger partial charge is 0.237 e. The number of carbonyl (C=O) groups excluding carboxylic acids is 1. The molecule has 2 unspecified atom stereocenters. The Bertz CT molecular complexity index is 891. The van der Waals surface area contributed by atoms with Crippen molar-refractivity contribution in [2.24, 2.45) is 4.99 Å². The van der Waals surface area contributed by atoms with Crippen LogP contribution in [0, 0.1) is 12.7 Å². The zero-order chi connectivity index (χ0) is 18.8. The van der Waals surface area contributed by atoms with Crippen LogP contribution in [0.25, 0.3) is 0 Å². The summed E-state index contributed by atoms with van der Waals surface area (Å²) in [6.07, 6.45) is 3.79. The van der Waals surface area contributed by atoms with Crippen molar-refractivity contribution in [1.82, 2.24) is 0 Å². The summed E-state index contributed by atoms with van der Waals surface area (Å²) in [5.74, 6) is -0.935. The molecule has 2 aromatic carbocycles. The third-order valence-electron chi connectivity index (χ3n) is 5.04. The van der Waals surface area contributed by atoms with E-state index >= 15 is 0 Å². The minimum atomic E-state index is -0.457. The van der Waals surface area contributed by atoms with Crippen molar-refractivity contribution in [3.8, 4) is 0 Å². The number of nitrogens with one attached hydrogen (secondary N) is 2. The van der Waals surface area contributed by atoms with Crippen molar-refractivity contribution in [1.29, 1.82) is 0 Å². The van der Waals surface area contributed by atoms with Crippen LogP contribution in [-0.4, -0.2) is 31.4 Å². The number of aryl methyl sites for hydroxylation is 1. The molecule has 6 heteroatoms. The number of carbonyl (C=O) groups is 1. The molecule has 1 amide bonds. The Hall–Kier alpha value is -2.73. The number of aliphatic imine (C=N–C) groups is 1. The van der Waals surface area contributed by atoms with Crippen molar-refractivity contribution in [2.75, 3.05) is 23.8 Å². The Balaban J connectivity index is 1.47. The number of fused-ring (bicyclic) bond motifs is 1. The molecule has 2 aliphatic heterocycles. The van der Waals surface area contributed by atoms with Gasteiger partial charge in [-0.15, -0.1) is 0 Å². The monoisotopic (exact) mass is 367 g/mol. The minimum Gasteiger partial charge on any atom is -0.380 e. The Labute approximate surface area is 157 Å². The van der Waals surface area contributed by atoms with Crippen LogP contribution >= 0.6 is 0 Å². The third kappa shape index (κ3) is 3.71. The lowest BCUT2D eigenvalue weighted by molar-refractivity contribution is -0.115. The van der Waals surface area contributed by atoms with Crippen LogP contribution in [0.1, 0.15) is 29.9 Å². The van der Waals surface area contributed by atoms with Gasteiger partial charge >= 0.3 is 0 Å². The molecule has 4 rings (SSSR count). The van der Waals surface area contributed by atoms with Crippen molar-refractivity contribution < 1.29 is 13.9 Å². The van der Waals surface area contributed by atoms with Crippen molar-refractivity contribution in [2.45, 2.75) is 31.8 Å². The van der Waals surface area contributed by atoms with Gasteiger partial charge < -0.3 is 15.4 Å². The molecule has 5 nitrogen and oxygen atoms in total. The fourth-order valence-corrected chi connectivity index (χ4v) is 3.60. The summed E-state index contributed by atoms with van der Waals surface area (Å²) in [7, 11) is 0. The molecule has 1 fully saturated rings. The van der Waals surface area contributed by atoms with Gasteiger partial charge in [-0.2, -0.15) is 0 Å². The van der Waals surface area contributed by atoms with E-state index in [0.717, 1.165) is 36.3 Å². The molecule has 2 heterocycles. The average molecular weight is 367 g/mol. The highest BCUT2D eigenvalue weighted by Gasteiger charge is 2.30. The zero-order valence-electron chi connectivity index (χ0n) is 15.2. The van der Waals surface area contributed by atoms with Gasteiger partial charge in [0.15, 0.2) is 0 Å². The lowest BCUT2D eigenvalue weighted by Gasteiger charge is -2.12. The van der Waals surface area contributed by atoms with Crippen LogP contribution in [0.4, 0.5) is 21.5 Å². The fraction of sp³-hybridized carbons (Fsp3) is 0.333. The summed E-state index contributed by atoms with van der Waals surface area (Å²) < 4.78 is 19.9. The van der Waals surface area contributed by atoms with Gasteiger partial charge in [-0.3, -0.25) is 9.79 Å². The highest BCUT2D eigenvalue weighted by molar-refractivity contribution is 6.13. The van der Waals surface area contributed by atoms with Crippen LogP contribution < -0.4 is 10.6 Å². The van der Waals surface area contributed by atoms with E-state index in [0.29, 0.717) is 17.9 Å². The first-order chi connectivity index (χ1) is 13.1. The molecule has 140 valence electrons. The minimum absolute atomic E-state index is 0.113. The fourth-order valence-electron chi connectivity index (χ4n) is 3.60. The molecule has 27 heavy (non-hydrogen) atoms. The van der Waals surface area contributed by atoms with Gasteiger partial charge in [0, 0.05) is 31.1 Å². The first-order valence-electron chi connectivity index (χ1n) is 9.21. The van der Waals surface area contributed by atoms with E-state index in [1.54, 1.807) is 18.3 Å². The topological polar surface area (TPSA) is 62.7 Å². The molecule has 2 aromatic rings. The first-order valence-corrected chi connectivity index (χ1v) is 9.21. The third-order valence-corrected chi connectivity index (χ3v) is 5.04. The van der Waals surface area contributed by atoms with Gasteiger partial charge in [-0.1, -0.05) is 12.1 Å². The number of rotatable bonds is 5. The molecule has 0 bridgehead atoms. The standard InChI is InChI=1S/C21H22FN3O2/c1-13-4-2-6-19-20(13)16(21(26)25-19)12-23-14-7-8-18(17(22)10-14)24-11-15-5-3-9-27-15/h2,4,6-8,10,12,15-16,24H,3,5,9,11H2,1H3,(H,25,26). The molecule has 0 aliphatic carbocycles. The Morgan fingerprint density at radius 1 is 1.37 bits per heavy atom. The second-order valence-electron chi connectivity index (χ2n) is 6.96. The molecular formula is C21H22FN3O2. The molecule has 0 radical (unpaired) electrons. The molecule has 0 saturated carbocycles. The van der Waals surface area contributed by atoms with Gasteiger partial charge in [0.25, 0.3) is 0 Å². The van der Waals surface area contributed by atoms with Gasteiger partial charge in [0.2, 0.25) is 5.91 Å². The van der Waals surface area contributed by atoms with Crippen molar-refractivity contribution in [3.63, 3.8) is 0 Å². The molecule has 0 spiro atoms. The van der Waals surface area contributed by atoms with Crippen LogP contribution in [0.5, 0.6) is 0 Å². The summed E-state index contributed by atoms with van der Waals surface area (Å²) in [5.41, 5.74) is 3.69. The number of benzene rings is 2. The lowest BCUT2D eigenvalue weighted by Crippen LogP contribution is -2.18. The number of anilines is 2. The molecule has 0 aromatic heterocycles. The van der Waals surface area contributed by atoms with Gasteiger partial charge in [-0.05, 0) is 49.1 Å². The van der Waals surface area contributed by atoms with Crippen LogP contribution in [0.3, 0.4) is 0 Å². The average Bonchev–Trinajstić information content (AvgIpc) is 3.27. The first kappa shape index (κ1) is 17.7. The van der Waals surface area contributed by atoms with E-state index in [9.17, 15) is 9.18 Å². The normalized spacial score (nSPS) is 21.5. The van der Waals surface area contributed by atoms with E-state index < -0.39 is 5.92 Å². The summed E-state index contributed by atoms with van der Waals surface area (Å²) in [6, 6.07) is 10.5. The molecule has 1 saturated heterocycles.